The number of amides is 3. The van der Waals surface area contributed by atoms with Crippen molar-refractivity contribution < 1.29 is 19.1 Å². The Kier molecular flexibility index (Phi) is 4.12. The van der Waals surface area contributed by atoms with Gasteiger partial charge in [-0.1, -0.05) is 18.5 Å². The van der Waals surface area contributed by atoms with Gasteiger partial charge in [-0.15, -0.1) is 0 Å². The van der Waals surface area contributed by atoms with Crippen molar-refractivity contribution >= 4 is 23.5 Å². The Hall–Kier alpha value is -1.79. The minimum Gasteiger partial charge on any atom is -0.467 e. The summed E-state index contributed by atoms with van der Waals surface area (Å²) in [5, 5.41) is 3.48. The molecule has 1 N–H and O–H groups in total. The van der Waals surface area contributed by atoms with Crippen LogP contribution < -0.4 is 10.1 Å². The number of nitrogens with one attached hydrogen (secondary N) is 1. The standard InChI is InChI=1S/C18H21ClN2O4/c1-11-2-4-18(5-3-11)16(22)21(17(23)20-18)8-12-6-14(19)7-13-9-24-10-25-15(12)13/h6-7,11H,2-5,8-10H2,1H3,(H,20,23). The van der Waals surface area contributed by atoms with Gasteiger partial charge in [-0.3, -0.25) is 9.69 Å². The third kappa shape index (κ3) is 2.87. The van der Waals surface area contributed by atoms with Crippen molar-refractivity contribution in [1.29, 1.82) is 0 Å². The second-order valence-electron chi connectivity index (χ2n) is 7.25. The molecule has 1 aromatic rings. The maximum absolute atomic E-state index is 13.0. The highest BCUT2D eigenvalue weighted by atomic mass is 35.5. The fraction of sp³-hybridized carbons (Fsp3) is 0.556. The highest BCUT2D eigenvalue weighted by Crippen LogP contribution is 2.38. The number of rotatable bonds is 2. The first-order valence-corrected chi connectivity index (χ1v) is 9.02. The van der Waals surface area contributed by atoms with E-state index in [1.807, 2.05) is 0 Å². The fourth-order valence-electron chi connectivity index (χ4n) is 3.96. The maximum atomic E-state index is 13.0. The number of urea groups is 1. The van der Waals surface area contributed by atoms with Crippen LogP contribution in [0.3, 0.4) is 0 Å². The zero-order valence-corrected chi connectivity index (χ0v) is 14.9. The Morgan fingerprint density at radius 1 is 1.32 bits per heavy atom. The molecule has 0 bridgehead atoms. The molecule has 0 unspecified atom stereocenters. The molecule has 4 rings (SSSR count). The van der Waals surface area contributed by atoms with Crippen LogP contribution in [-0.2, 0) is 22.7 Å². The van der Waals surface area contributed by atoms with E-state index in [1.54, 1.807) is 12.1 Å². The molecule has 3 aliphatic rings. The lowest BCUT2D eigenvalue weighted by molar-refractivity contribution is -0.133. The van der Waals surface area contributed by atoms with Crippen LogP contribution in [0.4, 0.5) is 4.79 Å². The molecule has 2 aliphatic heterocycles. The van der Waals surface area contributed by atoms with Gasteiger partial charge in [0.05, 0.1) is 13.2 Å². The summed E-state index contributed by atoms with van der Waals surface area (Å²) >= 11 is 6.18. The Bertz CT molecular complexity index is 728. The summed E-state index contributed by atoms with van der Waals surface area (Å²) in [6.07, 6.45) is 3.31. The molecule has 6 nitrogen and oxygen atoms in total. The van der Waals surface area contributed by atoms with E-state index < -0.39 is 5.54 Å². The second kappa shape index (κ2) is 6.18. The van der Waals surface area contributed by atoms with Crippen LogP contribution in [0.2, 0.25) is 5.02 Å². The van der Waals surface area contributed by atoms with Gasteiger partial charge in [0.15, 0.2) is 6.79 Å². The van der Waals surface area contributed by atoms with Gasteiger partial charge in [0.2, 0.25) is 0 Å². The number of ether oxygens (including phenoxy) is 2. The van der Waals surface area contributed by atoms with Crippen molar-refractivity contribution in [3.63, 3.8) is 0 Å². The molecule has 25 heavy (non-hydrogen) atoms. The van der Waals surface area contributed by atoms with Crippen molar-refractivity contribution in [2.75, 3.05) is 6.79 Å². The average molecular weight is 365 g/mol. The summed E-state index contributed by atoms with van der Waals surface area (Å²) in [6, 6.07) is 3.20. The number of halogens is 1. The summed E-state index contributed by atoms with van der Waals surface area (Å²) in [5.74, 6) is 1.12. The Balaban J connectivity index is 1.60. The third-order valence-electron chi connectivity index (χ3n) is 5.45. The summed E-state index contributed by atoms with van der Waals surface area (Å²) in [5.41, 5.74) is 0.837. The molecule has 0 atom stereocenters. The zero-order valence-electron chi connectivity index (χ0n) is 14.1. The quantitative estimate of drug-likeness (QED) is 0.818. The minimum absolute atomic E-state index is 0.134. The van der Waals surface area contributed by atoms with E-state index in [0.717, 1.165) is 24.0 Å². The van der Waals surface area contributed by atoms with Gasteiger partial charge >= 0.3 is 6.03 Å². The molecule has 0 radical (unpaired) electrons. The lowest BCUT2D eigenvalue weighted by Gasteiger charge is -2.33. The van der Waals surface area contributed by atoms with E-state index in [-0.39, 0.29) is 25.3 Å². The zero-order chi connectivity index (χ0) is 17.6. The predicted octanol–water partition coefficient (Wildman–Crippen LogP) is 3.21. The van der Waals surface area contributed by atoms with Gasteiger partial charge in [-0.25, -0.2) is 4.79 Å². The van der Waals surface area contributed by atoms with Crippen molar-refractivity contribution in [3.8, 4) is 5.75 Å². The molecule has 7 heteroatoms. The number of carbonyl (C=O) groups excluding carboxylic acids is 2. The minimum atomic E-state index is -0.730. The first-order chi connectivity index (χ1) is 12.0. The van der Waals surface area contributed by atoms with Crippen LogP contribution in [0.5, 0.6) is 5.75 Å². The second-order valence-corrected chi connectivity index (χ2v) is 7.69. The lowest BCUT2D eigenvalue weighted by atomic mass is 9.77. The smallest absolute Gasteiger partial charge is 0.325 e. The molecule has 134 valence electrons. The van der Waals surface area contributed by atoms with Crippen LogP contribution in [0.1, 0.15) is 43.7 Å². The number of hydrogen-bond acceptors (Lipinski definition) is 4. The topological polar surface area (TPSA) is 67.9 Å². The molecule has 1 aromatic carbocycles. The number of nitrogens with zero attached hydrogens (tertiary/aromatic N) is 1. The Morgan fingerprint density at radius 3 is 2.84 bits per heavy atom. The van der Waals surface area contributed by atoms with E-state index in [4.69, 9.17) is 21.1 Å². The van der Waals surface area contributed by atoms with Crippen molar-refractivity contribution in [1.82, 2.24) is 10.2 Å². The van der Waals surface area contributed by atoms with Crippen LogP contribution in [-0.4, -0.2) is 29.2 Å². The molecule has 0 aromatic heterocycles. The van der Waals surface area contributed by atoms with Gasteiger partial charge in [-0.05, 0) is 43.7 Å². The van der Waals surface area contributed by atoms with Gasteiger partial charge in [-0.2, -0.15) is 0 Å². The number of fused-ring (bicyclic) bond motifs is 1. The maximum Gasteiger partial charge on any atom is 0.325 e. The molecule has 2 heterocycles. The predicted molar refractivity (Wildman–Crippen MR) is 91.2 cm³/mol. The fourth-order valence-corrected chi connectivity index (χ4v) is 4.22. The molecule has 1 saturated heterocycles. The summed E-state index contributed by atoms with van der Waals surface area (Å²) in [4.78, 5) is 26.8. The normalized spacial score (nSPS) is 28.7. The monoisotopic (exact) mass is 364 g/mol. The highest BCUT2D eigenvalue weighted by molar-refractivity contribution is 6.30. The number of carbonyl (C=O) groups is 2. The highest BCUT2D eigenvalue weighted by Gasteiger charge is 2.52. The third-order valence-corrected chi connectivity index (χ3v) is 5.67. The number of hydrogen-bond donors (Lipinski definition) is 1. The van der Waals surface area contributed by atoms with Crippen LogP contribution in [0.15, 0.2) is 12.1 Å². The Labute approximate surface area is 151 Å². The van der Waals surface area contributed by atoms with Crippen molar-refractivity contribution in [2.24, 2.45) is 5.92 Å². The van der Waals surface area contributed by atoms with Gasteiger partial charge in [0, 0.05) is 16.1 Å². The number of imide groups is 1. The molecular formula is C18H21ClN2O4. The molecule has 1 saturated carbocycles. The van der Waals surface area contributed by atoms with Crippen LogP contribution in [0, 0.1) is 5.92 Å². The molecule has 1 spiro atoms. The van der Waals surface area contributed by atoms with Crippen LogP contribution in [0.25, 0.3) is 0 Å². The van der Waals surface area contributed by atoms with Gasteiger partial charge < -0.3 is 14.8 Å². The SMILES string of the molecule is CC1CCC2(CC1)NC(=O)N(Cc1cc(Cl)cc3c1OCOC3)C2=O. The van der Waals surface area contributed by atoms with E-state index in [0.29, 0.717) is 36.1 Å². The van der Waals surface area contributed by atoms with E-state index in [2.05, 4.69) is 12.2 Å². The average Bonchev–Trinajstić information content (AvgIpc) is 2.82. The number of benzene rings is 1. The van der Waals surface area contributed by atoms with Crippen molar-refractivity contribution in [3.05, 3.63) is 28.3 Å². The summed E-state index contributed by atoms with van der Waals surface area (Å²) in [7, 11) is 0. The summed E-state index contributed by atoms with van der Waals surface area (Å²) in [6.45, 7) is 2.91. The van der Waals surface area contributed by atoms with Crippen LogP contribution >= 0.6 is 11.6 Å². The summed E-state index contributed by atoms with van der Waals surface area (Å²) < 4.78 is 10.9. The molecule has 3 amide bonds. The molecule has 1 aliphatic carbocycles. The van der Waals surface area contributed by atoms with E-state index in [9.17, 15) is 9.59 Å². The van der Waals surface area contributed by atoms with Crippen molar-refractivity contribution in [2.45, 2.75) is 51.3 Å². The van der Waals surface area contributed by atoms with E-state index >= 15 is 0 Å². The first-order valence-electron chi connectivity index (χ1n) is 8.64. The van der Waals surface area contributed by atoms with Gasteiger partial charge in [0.1, 0.15) is 11.3 Å². The molecular weight excluding hydrogens is 344 g/mol. The largest absolute Gasteiger partial charge is 0.467 e. The van der Waals surface area contributed by atoms with Gasteiger partial charge in [0.25, 0.3) is 5.91 Å². The Morgan fingerprint density at radius 2 is 2.08 bits per heavy atom. The van der Waals surface area contributed by atoms with E-state index in [1.165, 1.54) is 4.90 Å². The lowest BCUT2D eigenvalue weighted by Crippen LogP contribution is -2.49. The first kappa shape index (κ1) is 16.7. The molecule has 2 fully saturated rings.